The fourth-order valence-corrected chi connectivity index (χ4v) is 8.79. The molecule has 0 aliphatic carbocycles. The Hall–Kier alpha value is -8.08. The largest absolute Gasteiger partial charge is 0.233 e. The number of fused-ring (bicyclic) bond motifs is 6. The van der Waals surface area contributed by atoms with Crippen LogP contribution in [-0.4, -0.2) is 19.9 Å². The van der Waals surface area contributed by atoms with Gasteiger partial charge in [-0.3, -0.25) is 0 Å². The summed E-state index contributed by atoms with van der Waals surface area (Å²) < 4.78 is 0. The molecule has 9 aromatic carbocycles. The molecule has 11 rings (SSSR count). The van der Waals surface area contributed by atoms with Crippen LogP contribution in [0.4, 0.5) is 0 Å². The lowest BCUT2D eigenvalue weighted by Gasteiger charge is -2.15. The van der Waals surface area contributed by atoms with E-state index in [-0.39, 0.29) is 0 Å². The Bertz CT molecular complexity index is 3340. The molecule has 0 aliphatic rings. The molecule has 0 fully saturated rings. The van der Waals surface area contributed by atoms with Crippen molar-refractivity contribution >= 4 is 32.3 Å². The van der Waals surface area contributed by atoms with Crippen LogP contribution in [0.3, 0.4) is 0 Å². The van der Waals surface area contributed by atoms with Crippen LogP contribution in [0.25, 0.3) is 111 Å². The van der Waals surface area contributed by atoms with Crippen molar-refractivity contribution in [2.45, 2.75) is 13.8 Å². The van der Waals surface area contributed by atoms with Gasteiger partial charge in [0.25, 0.3) is 0 Å². The first-order valence-electron chi connectivity index (χ1n) is 21.0. The Morgan fingerprint density at radius 2 is 0.597 bits per heavy atom. The van der Waals surface area contributed by atoms with Crippen LogP contribution in [0, 0.1) is 13.8 Å². The van der Waals surface area contributed by atoms with Gasteiger partial charge in [-0.1, -0.05) is 170 Å². The van der Waals surface area contributed by atoms with E-state index >= 15 is 0 Å². The number of rotatable bonds is 7. The number of aryl methyl sites for hydroxylation is 2. The van der Waals surface area contributed by atoms with Gasteiger partial charge in [-0.05, 0) is 116 Å². The van der Waals surface area contributed by atoms with Crippen molar-refractivity contribution in [2.24, 2.45) is 0 Å². The van der Waals surface area contributed by atoms with E-state index < -0.39 is 0 Å². The van der Waals surface area contributed by atoms with Gasteiger partial charge in [0.15, 0.2) is 11.6 Å². The molecular weight excluding hydrogens is 753 g/mol. The van der Waals surface area contributed by atoms with Gasteiger partial charge in [0.2, 0.25) is 0 Å². The van der Waals surface area contributed by atoms with Crippen molar-refractivity contribution in [2.75, 3.05) is 0 Å². The van der Waals surface area contributed by atoms with E-state index in [0.717, 1.165) is 84.2 Å². The second kappa shape index (κ2) is 15.5. The predicted molar refractivity (Wildman–Crippen MR) is 258 cm³/mol. The monoisotopic (exact) mass is 792 g/mol. The SMILES string of the molecule is Cc1cc(C)nc(-c2ccc(-c3ccc(-c4cc(-c5ccc6c7ccccc7c7ccccc7c6c5)cc(-c5nc(-c6ccccc6)cc(-c6ccccc6)n5)c4)cc3)cc2)n1. The highest BCUT2D eigenvalue weighted by molar-refractivity contribution is 6.25. The van der Waals surface area contributed by atoms with E-state index in [1.165, 1.54) is 32.3 Å². The molecule has 2 heterocycles. The molecule has 0 radical (unpaired) electrons. The summed E-state index contributed by atoms with van der Waals surface area (Å²) in [5.41, 5.74) is 14.4. The molecule has 0 amide bonds. The van der Waals surface area contributed by atoms with E-state index in [4.69, 9.17) is 9.97 Å². The Kier molecular flexibility index (Phi) is 9.24. The van der Waals surface area contributed by atoms with Crippen molar-refractivity contribution in [1.82, 2.24) is 19.9 Å². The van der Waals surface area contributed by atoms with Crippen LogP contribution >= 0.6 is 0 Å². The van der Waals surface area contributed by atoms with Crippen molar-refractivity contribution in [3.63, 3.8) is 0 Å². The van der Waals surface area contributed by atoms with E-state index in [0.29, 0.717) is 5.82 Å². The van der Waals surface area contributed by atoms with Gasteiger partial charge in [-0.15, -0.1) is 0 Å². The number of hydrogen-bond acceptors (Lipinski definition) is 4. The Morgan fingerprint density at radius 3 is 1.11 bits per heavy atom. The van der Waals surface area contributed by atoms with E-state index in [1.54, 1.807) is 0 Å². The average molecular weight is 793 g/mol. The maximum Gasteiger partial charge on any atom is 0.160 e. The fourth-order valence-electron chi connectivity index (χ4n) is 8.79. The van der Waals surface area contributed by atoms with Gasteiger partial charge in [0.05, 0.1) is 11.4 Å². The van der Waals surface area contributed by atoms with Crippen LogP contribution in [-0.2, 0) is 0 Å². The Balaban J connectivity index is 1.06. The third-order valence-electron chi connectivity index (χ3n) is 11.8. The topological polar surface area (TPSA) is 51.6 Å². The van der Waals surface area contributed by atoms with Crippen molar-refractivity contribution in [3.05, 3.63) is 218 Å². The molecule has 0 N–H and O–H groups in total. The van der Waals surface area contributed by atoms with Gasteiger partial charge in [-0.2, -0.15) is 0 Å². The lowest BCUT2D eigenvalue weighted by molar-refractivity contribution is 1.06. The van der Waals surface area contributed by atoms with Gasteiger partial charge < -0.3 is 0 Å². The summed E-state index contributed by atoms with van der Waals surface area (Å²) in [6.45, 7) is 4.02. The number of hydrogen-bond donors (Lipinski definition) is 0. The van der Waals surface area contributed by atoms with E-state index in [1.807, 2.05) is 32.0 Å². The molecule has 4 nitrogen and oxygen atoms in total. The molecule has 0 bridgehead atoms. The van der Waals surface area contributed by atoms with Crippen molar-refractivity contribution in [1.29, 1.82) is 0 Å². The van der Waals surface area contributed by atoms with Crippen LogP contribution < -0.4 is 0 Å². The molecule has 0 spiro atoms. The second-order valence-corrected chi connectivity index (χ2v) is 16.0. The molecule has 292 valence electrons. The van der Waals surface area contributed by atoms with Gasteiger partial charge in [0.1, 0.15) is 0 Å². The van der Waals surface area contributed by atoms with Crippen molar-refractivity contribution < 1.29 is 0 Å². The molecule has 62 heavy (non-hydrogen) atoms. The minimum Gasteiger partial charge on any atom is -0.233 e. The third-order valence-corrected chi connectivity index (χ3v) is 11.8. The molecule has 0 saturated heterocycles. The first-order valence-corrected chi connectivity index (χ1v) is 21.0. The standard InChI is InChI=1S/C58H40N4/c1-37-31-38(2)60-57(59-37)44-27-25-40(26-28-44)39-21-23-41(24-22-39)46-32-47(45-29-30-53-51-19-10-9-17-49(51)50-18-11-12-20-52(50)54(53)35-45)34-48(33-46)58-61-55(42-13-5-3-6-14-42)36-56(62-58)43-15-7-4-8-16-43/h3-36H,1-2H3. The average Bonchev–Trinajstić information content (AvgIpc) is 3.34. The molecule has 0 aliphatic heterocycles. The summed E-state index contributed by atoms with van der Waals surface area (Å²) in [5, 5.41) is 7.51. The number of benzene rings is 9. The van der Waals surface area contributed by atoms with Gasteiger partial charge in [0, 0.05) is 33.6 Å². The zero-order chi connectivity index (χ0) is 41.6. The smallest absolute Gasteiger partial charge is 0.160 e. The summed E-state index contributed by atoms with van der Waals surface area (Å²) in [5.74, 6) is 1.43. The van der Waals surface area contributed by atoms with Crippen LogP contribution in [0.2, 0.25) is 0 Å². The fraction of sp³-hybridized carbons (Fsp3) is 0.0345. The van der Waals surface area contributed by atoms with Crippen LogP contribution in [0.5, 0.6) is 0 Å². The Labute approximate surface area is 360 Å². The van der Waals surface area contributed by atoms with E-state index in [2.05, 4.69) is 198 Å². The highest BCUT2D eigenvalue weighted by Gasteiger charge is 2.16. The molecule has 0 saturated carbocycles. The number of aromatic nitrogens is 4. The van der Waals surface area contributed by atoms with Crippen LogP contribution in [0.1, 0.15) is 11.4 Å². The molecule has 2 aromatic heterocycles. The number of nitrogens with zero attached hydrogens (tertiary/aromatic N) is 4. The lowest BCUT2D eigenvalue weighted by atomic mass is 9.90. The third kappa shape index (κ3) is 6.98. The first kappa shape index (κ1) is 37.0. The minimum atomic E-state index is 0.676. The molecular formula is C58H40N4. The molecule has 11 aromatic rings. The van der Waals surface area contributed by atoms with E-state index in [9.17, 15) is 0 Å². The minimum absolute atomic E-state index is 0.676. The van der Waals surface area contributed by atoms with Crippen LogP contribution in [0.15, 0.2) is 206 Å². The highest BCUT2D eigenvalue weighted by atomic mass is 14.9. The summed E-state index contributed by atoms with van der Waals surface area (Å²) in [7, 11) is 0. The first-order chi connectivity index (χ1) is 30.5. The quantitative estimate of drug-likeness (QED) is 0.151. The lowest BCUT2D eigenvalue weighted by Crippen LogP contribution is -1.97. The molecule has 0 unspecified atom stereocenters. The predicted octanol–water partition coefficient (Wildman–Crippen LogP) is 15.0. The zero-order valence-corrected chi connectivity index (χ0v) is 34.4. The summed E-state index contributed by atoms with van der Waals surface area (Å²) in [6, 6.07) is 73.4. The highest BCUT2D eigenvalue weighted by Crippen LogP contribution is 2.40. The van der Waals surface area contributed by atoms with Gasteiger partial charge in [-0.25, -0.2) is 19.9 Å². The Morgan fingerprint density at radius 1 is 0.226 bits per heavy atom. The second-order valence-electron chi connectivity index (χ2n) is 16.0. The maximum absolute atomic E-state index is 5.27. The normalized spacial score (nSPS) is 11.4. The molecule has 0 atom stereocenters. The van der Waals surface area contributed by atoms with Gasteiger partial charge >= 0.3 is 0 Å². The zero-order valence-electron chi connectivity index (χ0n) is 34.4. The van der Waals surface area contributed by atoms with Crippen molar-refractivity contribution in [3.8, 4) is 78.7 Å². The maximum atomic E-state index is 5.27. The summed E-state index contributed by atoms with van der Waals surface area (Å²) in [6.07, 6.45) is 0. The summed E-state index contributed by atoms with van der Waals surface area (Å²) >= 11 is 0. The molecule has 4 heteroatoms. The summed E-state index contributed by atoms with van der Waals surface area (Å²) in [4.78, 5) is 19.9.